The molecule has 0 spiro atoms. The van der Waals surface area contributed by atoms with Gasteiger partial charge in [-0.2, -0.15) is 0 Å². The van der Waals surface area contributed by atoms with Gasteiger partial charge in [-0.15, -0.1) is 0 Å². The number of fused-ring (bicyclic) bond motifs is 1. The number of amides is 1. The van der Waals surface area contributed by atoms with Crippen LogP contribution in [0.15, 0.2) is 18.2 Å². The van der Waals surface area contributed by atoms with Gasteiger partial charge in [0.1, 0.15) is 0 Å². The molecule has 1 amide bonds. The van der Waals surface area contributed by atoms with Crippen molar-refractivity contribution in [1.29, 1.82) is 0 Å². The van der Waals surface area contributed by atoms with Gasteiger partial charge in [-0.1, -0.05) is 19.3 Å². The molecule has 150 valence electrons. The van der Waals surface area contributed by atoms with Crippen molar-refractivity contribution in [2.45, 2.75) is 32.1 Å². The van der Waals surface area contributed by atoms with Crippen LogP contribution >= 0.6 is 0 Å². The van der Waals surface area contributed by atoms with E-state index in [4.69, 9.17) is 14.2 Å². The Morgan fingerprint density at radius 3 is 2.43 bits per heavy atom. The van der Waals surface area contributed by atoms with Gasteiger partial charge in [0.25, 0.3) is 11.6 Å². The average Bonchev–Trinajstić information content (AvgIpc) is 3.10. The molecule has 1 fully saturated rings. The zero-order valence-electron chi connectivity index (χ0n) is 15.4. The van der Waals surface area contributed by atoms with E-state index >= 15 is 0 Å². The zero-order valence-corrected chi connectivity index (χ0v) is 15.4. The number of nitro benzene ring substituents is 1. The summed E-state index contributed by atoms with van der Waals surface area (Å²) in [4.78, 5) is 36.5. The van der Waals surface area contributed by atoms with E-state index in [9.17, 15) is 19.7 Å². The number of nitrogens with zero attached hydrogens (tertiary/aromatic N) is 2. The molecule has 1 aromatic carbocycles. The lowest BCUT2D eigenvalue weighted by Gasteiger charge is -2.24. The lowest BCUT2D eigenvalue weighted by molar-refractivity contribution is -0.385. The maximum Gasteiger partial charge on any atom is 0.331 e. The minimum atomic E-state index is -0.743. The molecular weight excluding hydrogens is 368 g/mol. The summed E-state index contributed by atoms with van der Waals surface area (Å²) >= 11 is 0. The molecule has 2 heterocycles. The van der Waals surface area contributed by atoms with Crippen LogP contribution in [-0.2, 0) is 14.3 Å². The van der Waals surface area contributed by atoms with E-state index in [2.05, 4.69) is 0 Å². The second-order valence-electron chi connectivity index (χ2n) is 6.61. The van der Waals surface area contributed by atoms with Crippen molar-refractivity contribution in [3.05, 3.63) is 33.9 Å². The van der Waals surface area contributed by atoms with Gasteiger partial charge in [-0.05, 0) is 25.0 Å². The summed E-state index contributed by atoms with van der Waals surface area (Å²) < 4.78 is 15.3. The highest BCUT2D eigenvalue weighted by Crippen LogP contribution is 2.38. The Labute approximate surface area is 162 Å². The Hall–Kier alpha value is -3.10. The molecule has 3 rings (SSSR count). The predicted octanol–water partition coefficient (Wildman–Crippen LogP) is 2.67. The first-order valence-corrected chi connectivity index (χ1v) is 9.25. The maximum atomic E-state index is 12.2. The third kappa shape index (κ3) is 4.99. The molecule has 0 N–H and O–H groups in total. The largest absolute Gasteiger partial charge is 0.454 e. The summed E-state index contributed by atoms with van der Waals surface area (Å²) in [6.45, 7) is 0.998. The molecule has 0 unspecified atom stereocenters. The number of hydrogen-bond acceptors (Lipinski definition) is 7. The van der Waals surface area contributed by atoms with Crippen molar-refractivity contribution in [1.82, 2.24) is 4.90 Å². The Balaban J connectivity index is 1.58. The van der Waals surface area contributed by atoms with Crippen molar-refractivity contribution < 1.29 is 28.7 Å². The summed E-state index contributed by atoms with van der Waals surface area (Å²) in [5.41, 5.74) is -0.0358. The Morgan fingerprint density at radius 2 is 1.75 bits per heavy atom. The number of carbonyl (C=O) groups excluding carboxylic acids is 2. The van der Waals surface area contributed by atoms with E-state index in [1.807, 2.05) is 0 Å². The van der Waals surface area contributed by atoms with Crippen molar-refractivity contribution in [3.8, 4) is 11.5 Å². The van der Waals surface area contributed by atoms with E-state index in [-0.39, 0.29) is 36.3 Å². The number of hydrogen-bond donors (Lipinski definition) is 0. The fraction of sp³-hybridized carbons (Fsp3) is 0.474. The smallest absolute Gasteiger partial charge is 0.331 e. The molecule has 0 radical (unpaired) electrons. The van der Waals surface area contributed by atoms with Gasteiger partial charge < -0.3 is 19.1 Å². The Morgan fingerprint density at radius 1 is 1.11 bits per heavy atom. The van der Waals surface area contributed by atoms with Crippen LogP contribution in [0.25, 0.3) is 6.08 Å². The van der Waals surface area contributed by atoms with Crippen molar-refractivity contribution in [3.63, 3.8) is 0 Å². The van der Waals surface area contributed by atoms with Gasteiger partial charge in [0.2, 0.25) is 6.79 Å². The van der Waals surface area contributed by atoms with Crippen LogP contribution in [0.3, 0.4) is 0 Å². The highest BCUT2D eigenvalue weighted by molar-refractivity contribution is 5.90. The summed E-state index contributed by atoms with van der Waals surface area (Å²) in [5.74, 6) is -0.318. The fourth-order valence-corrected chi connectivity index (χ4v) is 3.17. The van der Waals surface area contributed by atoms with Crippen LogP contribution in [0.5, 0.6) is 11.5 Å². The second kappa shape index (κ2) is 9.20. The van der Waals surface area contributed by atoms with Crippen LogP contribution in [0, 0.1) is 10.1 Å². The van der Waals surface area contributed by atoms with Crippen molar-refractivity contribution in [2.75, 3.05) is 26.5 Å². The molecule has 28 heavy (non-hydrogen) atoms. The molecule has 2 aliphatic rings. The first kappa shape index (κ1) is 19.7. The summed E-state index contributed by atoms with van der Waals surface area (Å²) in [5, 5.41) is 11.2. The summed E-state index contributed by atoms with van der Waals surface area (Å²) in [7, 11) is 0. The zero-order chi connectivity index (χ0) is 19.9. The molecule has 0 bridgehead atoms. The van der Waals surface area contributed by atoms with Crippen LogP contribution in [0.4, 0.5) is 5.69 Å². The number of carbonyl (C=O) groups is 2. The molecule has 2 aliphatic heterocycles. The normalized spacial score (nSPS) is 16.5. The average molecular weight is 390 g/mol. The van der Waals surface area contributed by atoms with E-state index in [1.165, 1.54) is 24.6 Å². The molecule has 9 nitrogen and oxygen atoms in total. The molecule has 0 aliphatic carbocycles. The number of ether oxygens (including phenoxy) is 3. The minimum Gasteiger partial charge on any atom is -0.454 e. The monoisotopic (exact) mass is 390 g/mol. The third-order valence-corrected chi connectivity index (χ3v) is 4.66. The standard InChI is InChI=1S/C19H22N2O7/c22-18(20-8-4-2-1-3-5-9-20)12-26-19(23)7-6-14-10-16-17(28-13-27-16)11-15(14)21(24)25/h6-7,10-11H,1-5,8-9,12-13H2/b7-6+. The van der Waals surface area contributed by atoms with Crippen molar-refractivity contribution in [2.24, 2.45) is 0 Å². The number of rotatable bonds is 5. The molecule has 0 aromatic heterocycles. The molecule has 1 aromatic rings. The van der Waals surface area contributed by atoms with Crippen LogP contribution < -0.4 is 9.47 Å². The van der Waals surface area contributed by atoms with Gasteiger partial charge in [0, 0.05) is 19.2 Å². The number of nitro groups is 1. The van der Waals surface area contributed by atoms with Gasteiger partial charge in [0.15, 0.2) is 18.1 Å². The van der Waals surface area contributed by atoms with Crippen LogP contribution in [0.2, 0.25) is 0 Å². The summed E-state index contributed by atoms with van der Waals surface area (Å²) in [6.07, 6.45) is 7.62. The van der Waals surface area contributed by atoms with E-state index in [0.717, 1.165) is 31.8 Å². The highest BCUT2D eigenvalue weighted by Gasteiger charge is 2.22. The van der Waals surface area contributed by atoms with Gasteiger partial charge in [-0.3, -0.25) is 14.9 Å². The SMILES string of the molecule is O=C(/C=C/c1cc2c(cc1[N+](=O)[O-])OCO2)OCC(=O)N1CCCCCCC1. The minimum absolute atomic E-state index is 0.0136. The van der Waals surface area contributed by atoms with E-state index < -0.39 is 10.9 Å². The lowest BCUT2D eigenvalue weighted by Crippen LogP contribution is -2.36. The molecule has 0 saturated carbocycles. The van der Waals surface area contributed by atoms with Crippen molar-refractivity contribution >= 4 is 23.6 Å². The lowest BCUT2D eigenvalue weighted by atomic mass is 10.1. The highest BCUT2D eigenvalue weighted by atomic mass is 16.7. The Kier molecular flexibility index (Phi) is 6.46. The third-order valence-electron chi connectivity index (χ3n) is 4.66. The fourth-order valence-electron chi connectivity index (χ4n) is 3.17. The van der Waals surface area contributed by atoms with Crippen LogP contribution in [-0.4, -0.2) is 48.2 Å². The number of esters is 1. The van der Waals surface area contributed by atoms with Gasteiger partial charge >= 0.3 is 5.97 Å². The van der Waals surface area contributed by atoms with E-state index in [1.54, 1.807) is 4.90 Å². The van der Waals surface area contributed by atoms with E-state index in [0.29, 0.717) is 18.8 Å². The number of likely N-dealkylation sites (tertiary alicyclic amines) is 1. The first-order valence-electron chi connectivity index (χ1n) is 9.25. The van der Waals surface area contributed by atoms with Gasteiger partial charge in [-0.25, -0.2) is 4.79 Å². The Bertz CT molecular complexity index is 783. The summed E-state index contributed by atoms with van der Waals surface area (Å²) in [6, 6.07) is 2.67. The molecular formula is C19H22N2O7. The topological polar surface area (TPSA) is 108 Å². The van der Waals surface area contributed by atoms with Gasteiger partial charge in [0.05, 0.1) is 16.6 Å². The second-order valence-corrected chi connectivity index (χ2v) is 6.61. The maximum absolute atomic E-state index is 12.2. The number of benzene rings is 1. The molecule has 9 heteroatoms. The quantitative estimate of drug-likeness (QED) is 0.329. The predicted molar refractivity (Wildman–Crippen MR) is 98.9 cm³/mol. The first-order chi connectivity index (χ1) is 13.5. The van der Waals surface area contributed by atoms with Crippen LogP contribution in [0.1, 0.15) is 37.7 Å². The molecule has 0 atom stereocenters. The molecule has 1 saturated heterocycles.